The van der Waals surface area contributed by atoms with Gasteiger partial charge in [0, 0.05) is 14.1 Å². The number of hydrogen-bond donors (Lipinski definition) is 0. The predicted octanol–water partition coefficient (Wildman–Crippen LogP) is -0.764. The summed E-state index contributed by atoms with van der Waals surface area (Å²) in [5.41, 5.74) is -0.201. The highest BCUT2D eigenvalue weighted by atomic mass is 16.7. The van der Waals surface area contributed by atoms with E-state index in [9.17, 15) is 9.59 Å². The van der Waals surface area contributed by atoms with E-state index >= 15 is 0 Å². The molecule has 0 aliphatic carbocycles. The monoisotopic (exact) mass is 264 g/mol. The lowest BCUT2D eigenvalue weighted by molar-refractivity contribution is 0.179. The molecule has 8 heteroatoms. The number of imidazole rings is 1. The Morgan fingerprint density at radius 3 is 2.58 bits per heavy atom. The average Bonchev–Trinajstić information content (AvgIpc) is 3.04. The quantitative estimate of drug-likeness (QED) is 0.676. The van der Waals surface area contributed by atoms with Crippen LogP contribution in [-0.2, 0) is 23.6 Å². The van der Waals surface area contributed by atoms with E-state index in [2.05, 4.69) is 4.98 Å². The maximum Gasteiger partial charge on any atom is 0.332 e. The van der Waals surface area contributed by atoms with Gasteiger partial charge in [0.15, 0.2) is 11.2 Å². The van der Waals surface area contributed by atoms with Crippen LogP contribution in [0.1, 0.15) is 0 Å². The molecule has 1 fully saturated rings. The minimum Gasteiger partial charge on any atom is -0.461 e. The lowest BCUT2D eigenvalue weighted by Gasteiger charge is -2.04. The molecule has 8 nitrogen and oxygen atoms in total. The molecule has 0 radical (unpaired) electrons. The number of aromatic nitrogens is 4. The summed E-state index contributed by atoms with van der Waals surface area (Å²) < 4.78 is 14.3. The number of nitrogens with zero attached hydrogens (tertiary/aromatic N) is 4. The van der Waals surface area contributed by atoms with Crippen LogP contribution in [0.2, 0.25) is 0 Å². The first-order valence-corrected chi connectivity index (χ1v) is 5.69. The van der Waals surface area contributed by atoms with Gasteiger partial charge in [0.2, 0.25) is 0 Å². The van der Waals surface area contributed by atoms with Crippen LogP contribution < -0.4 is 11.2 Å². The van der Waals surface area contributed by atoms with Crippen molar-refractivity contribution < 1.29 is 9.47 Å². The summed E-state index contributed by atoms with van der Waals surface area (Å²) in [6.45, 7) is 0.962. The van der Waals surface area contributed by atoms with Crippen molar-refractivity contribution >= 4 is 17.4 Å². The standard InChI is InChI=1S/C11H12N4O4/c1-13-9-8(10(16)14(2)11(13)17)15(6-12-9)5-7-18-3-4-19-7/h5-6H,3-4H2,1-2H3. The molecule has 0 aromatic carbocycles. The Bertz CT molecular complexity index is 787. The van der Waals surface area contributed by atoms with Crippen LogP contribution in [0.3, 0.4) is 0 Å². The van der Waals surface area contributed by atoms with Gasteiger partial charge < -0.3 is 9.47 Å². The SMILES string of the molecule is Cn1c(=O)c2c(ncn2C=C2OCCO2)n(C)c1=O. The fraction of sp³-hybridized carbons (Fsp3) is 0.364. The van der Waals surface area contributed by atoms with E-state index < -0.39 is 11.2 Å². The van der Waals surface area contributed by atoms with E-state index in [0.717, 1.165) is 4.57 Å². The van der Waals surface area contributed by atoms with Gasteiger partial charge >= 0.3 is 5.69 Å². The molecule has 0 atom stereocenters. The molecule has 3 heterocycles. The highest BCUT2D eigenvalue weighted by molar-refractivity contribution is 5.72. The van der Waals surface area contributed by atoms with Gasteiger partial charge in [-0.15, -0.1) is 0 Å². The molecule has 2 aromatic heterocycles. The summed E-state index contributed by atoms with van der Waals surface area (Å²) in [5, 5.41) is 0. The van der Waals surface area contributed by atoms with Crippen LogP contribution in [-0.4, -0.2) is 31.9 Å². The predicted molar refractivity (Wildman–Crippen MR) is 66.4 cm³/mol. The second-order valence-corrected chi connectivity index (χ2v) is 4.17. The maximum atomic E-state index is 12.1. The summed E-state index contributed by atoms with van der Waals surface area (Å²) in [5.74, 6) is 0.329. The third-order valence-corrected chi connectivity index (χ3v) is 2.99. The van der Waals surface area contributed by atoms with Gasteiger partial charge in [-0.1, -0.05) is 0 Å². The molecule has 2 aromatic rings. The van der Waals surface area contributed by atoms with Crippen LogP contribution >= 0.6 is 0 Å². The van der Waals surface area contributed by atoms with Gasteiger partial charge in [0.05, 0.1) is 6.20 Å². The molecular weight excluding hydrogens is 252 g/mol. The van der Waals surface area contributed by atoms with E-state index in [1.165, 1.54) is 28.7 Å². The van der Waals surface area contributed by atoms with Crippen LogP contribution in [0.5, 0.6) is 0 Å². The summed E-state index contributed by atoms with van der Waals surface area (Å²) in [6, 6.07) is 0. The van der Waals surface area contributed by atoms with Crippen molar-refractivity contribution in [2.75, 3.05) is 13.2 Å². The normalized spacial score (nSPS) is 14.5. The Kier molecular flexibility index (Phi) is 2.44. The van der Waals surface area contributed by atoms with E-state index in [1.807, 2.05) is 0 Å². The van der Waals surface area contributed by atoms with Gasteiger partial charge in [0.1, 0.15) is 19.5 Å². The molecule has 19 heavy (non-hydrogen) atoms. The number of ether oxygens (including phenoxy) is 2. The van der Waals surface area contributed by atoms with E-state index in [-0.39, 0.29) is 0 Å². The molecule has 0 spiro atoms. The van der Waals surface area contributed by atoms with Gasteiger partial charge in [-0.05, 0) is 0 Å². The first kappa shape index (κ1) is 11.6. The minimum atomic E-state index is -0.413. The molecule has 100 valence electrons. The molecule has 3 rings (SSSR count). The molecule has 0 saturated carbocycles. The second kappa shape index (κ2) is 4.01. The highest BCUT2D eigenvalue weighted by Gasteiger charge is 2.15. The van der Waals surface area contributed by atoms with Gasteiger partial charge in [-0.25, -0.2) is 9.78 Å². The van der Waals surface area contributed by atoms with Crippen LogP contribution in [0.4, 0.5) is 0 Å². The Hall–Kier alpha value is -2.51. The first-order valence-electron chi connectivity index (χ1n) is 5.69. The van der Waals surface area contributed by atoms with E-state index in [1.54, 1.807) is 7.05 Å². The molecule has 0 bridgehead atoms. The summed E-state index contributed by atoms with van der Waals surface area (Å²) in [7, 11) is 2.99. The number of rotatable bonds is 1. The number of hydrogen-bond acceptors (Lipinski definition) is 5. The fourth-order valence-electron chi connectivity index (χ4n) is 1.98. The average molecular weight is 264 g/mol. The third kappa shape index (κ3) is 1.64. The van der Waals surface area contributed by atoms with Crippen molar-refractivity contribution in [2.45, 2.75) is 0 Å². The number of aryl methyl sites for hydroxylation is 1. The molecule has 0 unspecified atom stereocenters. The third-order valence-electron chi connectivity index (χ3n) is 2.99. The van der Waals surface area contributed by atoms with Crippen LogP contribution in [0.15, 0.2) is 21.9 Å². The van der Waals surface area contributed by atoms with Gasteiger partial charge in [-0.2, -0.15) is 0 Å². The second-order valence-electron chi connectivity index (χ2n) is 4.17. The Morgan fingerprint density at radius 2 is 1.89 bits per heavy atom. The Morgan fingerprint density at radius 1 is 1.21 bits per heavy atom. The fourth-order valence-corrected chi connectivity index (χ4v) is 1.98. The Balaban J connectivity index is 2.32. The highest BCUT2D eigenvalue weighted by Crippen LogP contribution is 2.12. The molecule has 1 saturated heterocycles. The largest absolute Gasteiger partial charge is 0.461 e. The molecule has 0 N–H and O–H groups in total. The zero-order chi connectivity index (χ0) is 13.6. The zero-order valence-electron chi connectivity index (χ0n) is 10.5. The smallest absolute Gasteiger partial charge is 0.332 e. The lowest BCUT2D eigenvalue weighted by Crippen LogP contribution is -2.37. The molecule has 1 aliphatic heterocycles. The zero-order valence-corrected chi connectivity index (χ0v) is 10.5. The van der Waals surface area contributed by atoms with Gasteiger partial charge in [-0.3, -0.25) is 18.5 Å². The van der Waals surface area contributed by atoms with E-state index in [0.29, 0.717) is 30.3 Å². The van der Waals surface area contributed by atoms with Crippen LogP contribution in [0.25, 0.3) is 17.4 Å². The van der Waals surface area contributed by atoms with Crippen molar-refractivity contribution in [3.05, 3.63) is 33.1 Å². The summed E-state index contributed by atoms with van der Waals surface area (Å²) in [6.07, 6.45) is 2.98. The van der Waals surface area contributed by atoms with Gasteiger partial charge in [0.25, 0.3) is 11.5 Å². The lowest BCUT2D eigenvalue weighted by atomic mass is 10.5. The van der Waals surface area contributed by atoms with Crippen molar-refractivity contribution in [1.82, 2.24) is 18.7 Å². The maximum absolute atomic E-state index is 12.1. The summed E-state index contributed by atoms with van der Waals surface area (Å²) >= 11 is 0. The molecular formula is C11H12N4O4. The first-order chi connectivity index (χ1) is 9.09. The number of fused-ring (bicyclic) bond motifs is 1. The summed E-state index contributed by atoms with van der Waals surface area (Å²) in [4.78, 5) is 28.0. The molecule has 1 aliphatic rings. The van der Waals surface area contributed by atoms with Crippen LogP contribution in [0, 0.1) is 0 Å². The topological polar surface area (TPSA) is 80.3 Å². The van der Waals surface area contributed by atoms with Crippen molar-refractivity contribution in [3.63, 3.8) is 0 Å². The minimum absolute atomic E-state index is 0.302. The Labute approximate surface area is 107 Å². The van der Waals surface area contributed by atoms with Crippen molar-refractivity contribution in [1.29, 1.82) is 0 Å². The van der Waals surface area contributed by atoms with Crippen molar-refractivity contribution in [3.8, 4) is 0 Å². The van der Waals surface area contributed by atoms with Crippen molar-refractivity contribution in [2.24, 2.45) is 14.1 Å². The molecule has 0 amide bonds. The van der Waals surface area contributed by atoms with E-state index in [4.69, 9.17) is 9.47 Å².